The van der Waals surface area contributed by atoms with Crippen molar-refractivity contribution in [3.05, 3.63) is 34.4 Å². The molecule has 1 saturated carbocycles. The van der Waals surface area contributed by atoms with Crippen molar-refractivity contribution in [1.82, 2.24) is 0 Å². The maximum atomic E-state index is 13.0. The molecule has 0 aliphatic heterocycles. The fraction of sp³-hybridized carbons (Fsp3) is 0.600. The largest absolute Gasteiger partial charge is 0.466 e. The lowest BCUT2D eigenvalue weighted by Crippen LogP contribution is -2.24. The van der Waals surface area contributed by atoms with Crippen molar-refractivity contribution >= 4 is 11.8 Å². The highest BCUT2D eigenvalue weighted by atomic mass is 16.5. The van der Waals surface area contributed by atoms with Gasteiger partial charge < -0.3 is 9.47 Å². The molecule has 0 aromatic heterocycles. The van der Waals surface area contributed by atoms with Crippen molar-refractivity contribution in [2.75, 3.05) is 13.7 Å². The average Bonchev–Trinajstić information content (AvgIpc) is 3.00. The molecule has 0 N–H and O–H groups in total. The van der Waals surface area contributed by atoms with Gasteiger partial charge >= 0.3 is 5.97 Å². The molecule has 0 radical (unpaired) electrons. The van der Waals surface area contributed by atoms with Crippen LogP contribution >= 0.6 is 0 Å². The molecular formula is C20H28O4. The molecule has 0 amide bonds. The zero-order chi connectivity index (χ0) is 17.9. The first-order chi connectivity index (χ1) is 11.4. The number of aryl methyl sites for hydroxylation is 3. The fourth-order valence-corrected chi connectivity index (χ4v) is 3.91. The summed E-state index contributed by atoms with van der Waals surface area (Å²) in [5, 5.41) is 0. The normalized spacial score (nSPS) is 21.5. The molecule has 4 heteroatoms. The molecule has 1 fully saturated rings. The van der Waals surface area contributed by atoms with Crippen LogP contribution < -0.4 is 0 Å². The van der Waals surface area contributed by atoms with Crippen LogP contribution in [-0.4, -0.2) is 25.5 Å². The molecule has 1 aliphatic rings. The first kappa shape index (κ1) is 18.7. The summed E-state index contributed by atoms with van der Waals surface area (Å²) in [6.45, 7) is 8.28. The lowest BCUT2D eigenvalue weighted by atomic mass is 9.88. The molecule has 1 aromatic carbocycles. The van der Waals surface area contributed by atoms with Gasteiger partial charge in [0.2, 0.25) is 0 Å². The fourth-order valence-electron chi connectivity index (χ4n) is 3.91. The Morgan fingerprint density at radius 1 is 1.12 bits per heavy atom. The van der Waals surface area contributed by atoms with Crippen LogP contribution in [0.5, 0.6) is 0 Å². The number of hydrogen-bond acceptors (Lipinski definition) is 4. The first-order valence-electron chi connectivity index (χ1n) is 8.69. The van der Waals surface area contributed by atoms with Crippen LogP contribution in [0.2, 0.25) is 0 Å². The van der Waals surface area contributed by atoms with Crippen LogP contribution in [0.25, 0.3) is 0 Å². The maximum absolute atomic E-state index is 13.0. The molecule has 3 atom stereocenters. The van der Waals surface area contributed by atoms with Crippen LogP contribution in [0.4, 0.5) is 0 Å². The van der Waals surface area contributed by atoms with Gasteiger partial charge in [-0.3, -0.25) is 9.59 Å². The van der Waals surface area contributed by atoms with Gasteiger partial charge in [0.05, 0.1) is 12.5 Å². The van der Waals surface area contributed by atoms with Crippen LogP contribution in [0.1, 0.15) is 54.5 Å². The van der Waals surface area contributed by atoms with Crippen LogP contribution in [0.3, 0.4) is 0 Å². The Balaban J connectivity index is 2.18. The third kappa shape index (κ3) is 3.86. The van der Waals surface area contributed by atoms with E-state index in [0.717, 1.165) is 29.5 Å². The summed E-state index contributed by atoms with van der Waals surface area (Å²) in [5.41, 5.74) is 4.30. The molecular weight excluding hydrogens is 304 g/mol. The summed E-state index contributed by atoms with van der Waals surface area (Å²) in [6, 6.07) is 4.16. The van der Waals surface area contributed by atoms with Crippen molar-refractivity contribution in [1.29, 1.82) is 0 Å². The minimum absolute atomic E-state index is 0.0827. The number of Topliss-reactive ketones (excluding diaryl/α,β-unsaturated/α-hetero) is 1. The zero-order valence-corrected chi connectivity index (χ0v) is 15.3. The molecule has 24 heavy (non-hydrogen) atoms. The molecule has 132 valence electrons. The van der Waals surface area contributed by atoms with Gasteiger partial charge in [-0.1, -0.05) is 17.7 Å². The Morgan fingerprint density at radius 3 is 2.25 bits per heavy atom. The molecule has 1 aromatic rings. The van der Waals surface area contributed by atoms with E-state index in [0.29, 0.717) is 13.0 Å². The van der Waals surface area contributed by atoms with Gasteiger partial charge in [0, 0.05) is 13.0 Å². The van der Waals surface area contributed by atoms with Gasteiger partial charge in [0.1, 0.15) is 6.10 Å². The molecule has 0 heterocycles. The van der Waals surface area contributed by atoms with E-state index in [1.165, 1.54) is 5.56 Å². The predicted molar refractivity (Wildman–Crippen MR) is 92.9 cm³/mol. The highest BCUT2D eigenvalue weighted by Crippen LogP contribution is 2.37. The molecule has 0 saturated heterocycles. The number of carbonyl (C=O) groups excluding carboxylic acids is 2. The second-order valence-corrected chi connectivity index (χ2v) is 6.79. The minimum atomic E-state index is -0.559. The number of hydrogen-bond donors (Lipinski definition) is 0. The van der Waals surface area contributed by atoms with E-state index in [1.54, 1.807) is 14.0 Å². The molecule has 1 aliphatic carbocycles. The van der Waals surface area contributed by atoms with Gasteiger partial charge in [0.15, 0.2) is 5.78 Å². The zero-order valence-electron chi connectivity index (χ0n) is 15.3. The van der Waals surface area contributed by atoms with Crippen molar-refractivity contribution < 1.29 is 19.1 Å². The number of ketones is 1. The number of esters is 1. The van der Waals surface area contributed by atoms with E-state index in [4.69, 9.17) is 9.47 Å². The van der Waals surface area contributed by atoms with Gasteiger partial charge in [-0.2, -0.15) is 0 Å². The van der Waals surface area contributed by atoms with Crippen molar-refractivity contribution in [3.8, 4) is 0 Å². The van der Waals surface area contributed by atoms with E-state index in [2.05, 4.69) is 12.1 Å². The highest BCUT2D eigenvalue weighted by Gasteiger charge is 2.38. The lowest BCUT2D eigenvalue weighted by Gasteiger charge is -2.22. The third-order valence-electron chi connectivity index (χ3n) is 4.95. The van der Waals surface area contributed by atoms with E-state index in [-0.39, 0.29) is 23.6 Å². The second-order valence-electron chi connectivity index (χ2n) is 6.79. The molecule has 2 rings (SSSR count). The van der Waals surface area contributed by atoms with Crippen molar-refractivity contribution in [3.63, 3.8) is 0 Å². The summed E-state index contributed by atoms with van der Waals surface area (Å²) in [4.78, 5) is 24.9. The first-order valence-corrected chi connectivity index (χ1v) is 8.69. The Bertz CT molecular complexity index is 597. The maximum Gasteiger partial charge on any atom is 0.308 e. The highest BCUT2D eigenvalue weighted by molar-refractivity contribution is 5.88. The summed E-state index contributed by atoms with van der Waals surface area (Å²) in [6.07, 6.45) is 1.46. The third-order valence-corrected chi connectivity index (χ3v) is 4.95. The Hall–Kier alpha value is -1.68. The topological polar surface area (TPSA) is 52.6 Å². The molecule has 4 nitrogen and oxygen atoms in total. The Morgan fingerprint density at radius 2 is 1.71 bits per heavy atom. The van der Waals surface area contributed by atoms with Crippen LogP contribution in [0.15, 0.2) is 12.1 Å². The van der Waals surface area contributed by atoms with E-state index >= 15 is 0 Å². The van der Waals surface area contributed by atoms with Gasteiger partial charge in [0.25, 0.3) is 0 Å². The van der Waals surface area contributed by atoms with Crippen LogP contribution in [-0.2, 0) is 19.1 Å². The van der Waals surface area contributed by atoms with Crippen LogP contribution in [0, 0.1) is 32.6 Å². The monoisotopic (exact) mass is 332 g/mol. The lowest BCUT2D eigenvalue weighted by molar-refractivity contribution is -0.147. The number of benzene rings is 1. The Labute approximate surface area is 144 Å². The minimum Gasteiger partial charge on any atom is -0.466 e. The number of ether oxygens (including phenoxy) is 2. The molecule has 3 unspecified atom stereocenters. The number of carbonyl (C=O) groups is 2. The predicted octanol–water partition coefficient (Wildman–Crippen LogP) is 3.85. The van der Waals surface area contributed by atoms with Crippen molar-refractivity contribution in [2.45, 2.75) is 53.1 Å². The standard InChI is InChI=1S/C20H28O4/c1-6-24-20(22)16-8-7-15(11-16)18(21)19(23-5)17-13(3)9-12(2)10-14(17)4/h9-10,15-16,19H,6-8,11H2,1-5H3. The number of rotatable bonds is 6. The Kier molecular flexibility index (Phi) is 6.16. The number of methoxy groups -OCH3 is 1. The van der Waals surface area contributed by atoms with E-state index < -0.39 is 6.10 Å². The molecule has 0 bridgehead atoms. The SMILES string of the molecule is CCOC(=O)C1CCC(C(=O)C(OC)c2c(C)cc(C)cc2C)C1. The second kappa shape index (κ2) is 7.93. The summed E-state index contributed by atoms with van der Waals surface area (Å²) < 4.78 is 10.7. The summed E-state index contributed by atoms with van der Waals surface area (Å²) >= 11 is 0. The summed E-state index contributed by atoms with van der Waals surface area (Å²) in [5.74, 6) is -0.384. The average molecular weight is 332 g/mol. The van der Waals surface area contributed by atoms with E-state index in [1.807, 2.05) is 20.8 Å². The van der Waals surface area contributed by atoms with Crippen molar-refractivity contribution in [2.24, 2.45) is 11.8 Å². The van der Waals surface area contributed by atoms with Gasteiger partial charge in [-0.25, -0.2) is 0 Å². The van der Waals surface area contributed by atoms with Gasteiger partial charge in [-0.15, -0.1) is 0 Å². The van der Waals surface area contributed by atoms with Gasteiger partial charge in [-0.05, 0) is 63.6 Å². The summed E-state index contributed by atoms with van der Waals surface area (Å²) in [7, 11) is 1.58. The smallest absolute Gasteiger partial charge is 0.308 e. The molecule has 0 spiro atoms. The quantitative estimate of drug-likeness (QED) is 0.743. The van der Waals surface area contributed by atoms with E-state index in [9.17, 15) is 9.59 Å².